The highest BCUT2D eigenvalue weighted by Gasteiger charge is 2.05. The maximum atomic E-state index is 11.9. The second-order valence-electron chi connectivity index (χ2n) is 4.97. The Bertz CT molecular complexity index is 728. The van der Waals surface area contributed by atoms with E-state index in [4.69, 9.17) is 16.3 Å². The van der Waals surface area contributed by atoms with Crippen molar-refractivity contribution in [2.75, 3.05) is 11.9 Å². The number of nitrogens with one attached hydrogen (secondary N) is 1. The largest absolute Gasteiger partial charge is 0.492 e. The number of rotatable bonds is 7. The van der Waals surface area contributed by atoms with Gasteiger partial charge in [0.05, 0.1) is 17.3 Å². The van der Waals surface area contributed by atoms with Crippen LogP contribution in [0.15, 0.2) is 47.4 Å². The van der Waals surface area contributed by atoms with Gasteiger partial charge in [0.15, 0.2) is 0 Å². The minimum absolute atomic E-state index is 0.0846. The van der Waals surface area contributed by atoms with Gasteiger partial charge in [-0.3, -0.25) is 9.59 Å². The van der Waals surface area contributed by atoms with Crippen molar-refractivity contribution in [1.29, 1.82) is 0 Å². The third-order valence-electron chi connectivity index (χ3n) is 3.25. The van der Waals surface area contributed by atoms with Crippen LogP contribution in [0.3, 0.4) is 0 Å². The Balaban J connectivity index is 1.77. The number of pyridine rings is 1. The lowest BCUT2D eigenvalue weighted by molar-refractivity contribution is -0.116. The van der Waals surface area contributed by atoms with E-state index in [1.807, 2.05) is 19.1 Å². The van der Waals surface area contributed by atoms with Gasteiger partial charge >= 0.3 is 0 Å². The van der Waals surface area contributed by atoms with Gasteiger partial charge in [0.25, 0.3) is 5.56 Å². The molecule has 0 spiro atoms. The van der Waals surface area contributed by atoms with E-state index in [9.17, 15) is 9.59 Å². The molecule has 0 unspecified atom stereocenters. The fraction of sp³-hybridized carbons (Fsp3) is 0.294. The summed E-state index contributed by atoms with van der Waals surface area (Å²) in [6, 6.07) is 10.3. The molecule has 6 heteroatoms. The summed E-state index contributed by atoms with van der Waals surface area (Å²) in [7, 11) is 0. The first-order chi connectivity index (χ1) is 11.1. The Morgan fingerprint density at radius 3 is 2.78 bits per heavy atom. The van der Waals surface area contributed by atoms with Crippen molar-refractivity contribution in [3.8, 4) is 5.75 Å². The van der Waals surface area contributed by atoms with Crippen LogP contribution in [0.5, 0.6) is 5.75 Å². The number of aryl methyl sites for hydroxylation is 1. The molecular formula is C17H19ClN2O3. The van der Waals surface area contributed by atoms with E-state index >= 15 is 0 Å². The molecule has 2 aromatic rings. The van der Waals surface area contributed by atoms with Crippen molar-refractivity contribution in [2.45, 2.75) is 26.3 Å². The first kappa shape index (κ1) is 17.1. The van der Waals surface area contributed by atoms with Crippen molar-refractivity contribution >= 4 is 23.2 Å². The zero-order chi connectivity index (χ0) is 16.7. The first-order valence-corrected chi connectivity index (χ1v) is 7.85. The van der Waals surface area contributed by atoms with Gasteiger partial charge in [0.2, 0.25) is 5.91 Å². The Morgan fingerprint density at radius 1 is 1.26 bits per heavy atom. The monoisotopic (exact) mass is 334 g/mol. The smallest absolute Gasteiger partial charge is 0.250 e. The molecule has 0 atom stereocenters. The highest BCUT2D eigenvalue weighted by molar-refractivity contribution is 6.32. The minimum atomic E-state index is -0.117. The average Bonchev–Trinajstić information content (AvgIpc) is 2.55. The van der Waals surface area contributed by atoms with Crippen LogP contribution in [0.25, 0.3) is 0 Å². The molecule has 0 aliphatic rings. The van der Waals surface area contributed by atoms with E-state index in [-0.39, 0.29) is 11.5 Å². The van der Waals surface area contributed by atoms with E-state index in [0.717, 1.165) is 0 Å². The molecule has 1 aromatic heterocycles. The molecule has 0 radical (unpaired) electrons. The number of para-hydroxylation sites is 1. The molecule has 0 saturated heterocycles. The average molecular weight is 335 g/mol. The van der Waals surface area contributed by atoms with Gasteiger partial charge in [-0.25, -0.2) is 0 Å². The number of carbonyl (C=O) groups excluding carboxylic acids is 1. The number of halogens is 1. The minimum Gasteiger partial charge on any atom is -0.492 e. The second-order valence-corrected chi connectivity index (χ2v) is 5.38. The molecule has 1 aromatic carbocycles. The lowest BCUT2D eigenvalue weighted by Gasteiger charge is -2.09. The summed E-state index contributed by atoms with van der Waals surface area (Å²) in [4.78, 5) is 23.4. The molecule has 0 fully saturated rings. The number of nitrogens with zero attached hydrogens (tertiary/aromatic N) is 1. The Kier molecular flexibility index (Phi) is 6.23. The van der Waals surface area contributed by atoms with E-state index in [0.29, 0.717) is 42.5 Å². The van der Waals surface area contributed by atoms with Crippen LogP contribution in [0.4, 0.5) is 5.69 Å². The summed E-state index contributed by atoms with van der Waals surface area (Å²) in [5, 5.41) is 3.33. The van der Waals surface area contributed by atoms with Crippen molar-refractivity contribution in [1.82, 2.24) is 4.57 Å². The van der Waals surface area contributed by atoms with Gasteiger partial charge in [0.1, 0.15) is 5.75 Å². The number of anilines is 1. The van der Waals surface area contributed by atoms with Crippen molar-refractivity contribution in [3.63, 3.8) is 0 Å². The zero-order valence-electron chi connectivity index (χ0n) is 12.9. The number of ether oxygens (including phenoxy) is 1. The number of hydrogen-bond donors (Lipinski definition) is 1. The van der Waals surface area contributed by atoms with Gasteiger partial charge in [-0.15, -0.1) is 0 Å². The Labute approximate surface area is 139 Å². The predicted octanol–water partition coefficient (Wildman–Crippen LogP) is 3.32. The highest BCUT2D eigenvalue weighted by atomic mass is 35.5. The maximum Gasteiger partial charge on any atom is 0.250 e. The third kappa shape index (κ3) is 5.14. The Hall–Kier alpha value is -2.27. The van der Waals surface area contributed by atoms with E-state index < -0.39 is 0 Å². The molecule has 1 amide bonds. The van der Waals surface area contributed by atoms with E-state index in [2.05, 4.69) is 5.32 Å². The van der Waals surface area contributed by atoms with Crippen LogP contribution in [-0.2, 0) is 11.3 Å². The second kappa shape index (κ2) is 8.39. The van der Waals surface area contributed by atoms with Crippen LogP contribution in [-0.4, -0.2) is 17.1 Å². The highest BCUT2D eigenvalue weighted by Crippen LogP contribution is 2.23. The summed E-state index contributed by atoms with van der Waals surface area (Å²) in [5.41, 5.74) is 0.530. The number of amides is 1. The summed E-state index contributed by atoms with van der Waals surface area (Å²) in [6.07, 6.45) is 2.54. The molecular weight excluding hydrogens is 316 g/mol. The van der Waals surface area contributed by atoms with Crippen molar-refractivity contribution in [3.05, 3.63) is 58.0 Å². The van der Waals surface area contributed by atoms with Crippen LogP contribution >= 0.6 is 11.6 Å². The summed E-state index contributed by atoms with van der Waals surface area (Å²) in [5.74, 6) is 0.499. The van der Waals surface area contributed by atoms with Crippen LogP contribution in [0.2, 0.25) is 5.02 Å². The molecule has 23 heavy (non-hydrogen) atoms. The molecule has 2 rings (SSSR count). The summed E-state index contributed by atoms with van der Waals surface area (Å²) < 4.78 is 7.07. The fourth-order valence-electron chi connectivity index (χ4n) is 2.05. The van der Waals surface area contributed by atoms with Gasteiger partial charge in [-0.1, -0.05) is 23.7 Å². The SMILES string of the molecule is CCn1cc(NC(=O)CCCOc2ccccc2Cl)ccc1=O. The molecule has 1 heterocycles. The standard InChI is InChI=1S/C17H19ClN2O3/c1-2-20-12-13(9-10-17(20)22)19-16(21)8-5-11-23-15-7-4-3-6-14(15)18/h3-4,6-7,9-10,12H,2,5,8,11H2,1H3,(H,19,21). The Morgan fingerprint density at radius 2 is 2.04 bits per heavy atom. The summed E-state index contributed by atoms with van der Waals surface area (Å²) in [6.45, 7) is 2.85. The molecule has 0 aliphatic heterocycles. The summed E-state index contributed by atoms with van der Waals surface area (Å²) >= 11 is 5.98. The third-order valence-corrected chi connectivity index (χ3v) is 3.56. The molecule has 0 aliphatic carbocycles. The lowest BCUT2D eigenvalue weighted by Crippen LogP contribution is -2.19. The fourth-order valence-corrected chi connectivity index (χ4v) is 2.24. The molecule has 1 N–H and O–H groups in total. The van der Waals surface area contributed by atoms with Gasteiger partial charge in [0, 0.05) is 25.2 Å². The molecule has 0 saturated carbocycles. The van der Waals surface area contributed by atoms with Gasteiger partial charge in [-0.05, 0) is 31.5 Å². The normalized spacial score (nSPS) is 10.3. The quantitative estimate of drug-likeness (QED) is 0.790. The molecule has 0 bridgehead atoms. The number of carbonyl (C=O) groups is 1. The predicted molar refractivity (Wildman–Crippen MR) is 91.2 cm³/mol. The van der Waals surface area contributed by atoms with Gasteiger partial charge < -0.3 is 14.6 Å². The van der Waals surface area contributed by atoms with E-state index in [1.165, 1.54) is 10.6 Å². The molecule has 5 nitrogen and oxygen atoms in total. The van der Waals surface area contributed by atoms with Crippen LogP contribution in [0.1, 0.15) is 19.8 Å². The maximum absolute atomic E-state index is 11.9. The van der Waals surface area contributed by atoms with Crippen LogP contribution in [0, 0.1) is 0 Å². The van der Waals surface area contributed by atoms with E-state index in [1.54, 1.807) is 24.4 Å². The number of aromatic nitrogens is 1. The lowest BCUT2D eigenvalue weighted by atomic mass is 10.3. The van der Waals surface area contributed by atoms with Crippen molar-refractivity contribution < 1.29 is 9.53 Å². The topological polar surface area (TPSA) is 60.3 Å². The zero-order valence-corrected chi connectivity index (χ0v) is 13.7. The first-order valence-electron chi connectivity index (χ1n) is 7.48. The molecule has 122 valence electrons. The number of benzene rings is 1. The van der Waals surface area contributed by atoms with Gasteiger partial charge in [-0.2, -0.15) is 0 Å². The number of hydrogen-bond acceptors (Lipinski definition) is 3. The van der Waals surface area contributed by atoms with Crippen molar-refractivity contribution in [2.24, 2.45) is 0 Å². The van der Waals surface area contributed by atoms with Crippen LogP contribution < -0.4 is 15.6 Å².